The molecule has 0 aliphatic carbocycles. The lowest BCUT2D eigenvalue weighted by Crippen LogP contribution is -2.35. The number of anilines is 2. The minimum absolute atomic E-state index is 0.0280. The van der Waals surface area contributed by atoms with Crippen molar-refractivity contribution in [1.82, 2.24) is 10.0 Å². The maximum absolute atomic E-state index is 15.1. The third-order valence-electron chi connectivity index (χ3n) is 5.98. The quantitative estimate of drug-likeness (QED) is 0.544. The standard InChI is InChI=1S/C24H25F3N4O5/c25-19-14-17(30-15-18(36-24(30)34)2-4-21(32)23(26)27)1-3-20(19)29-9-10-31(35-12-11-29)22(33)13-16-5-7-28-8-6-16/h1,3,5-8,14,18,23H,2,4,9-13,15H2/t18-/m0/s1. The summed E-state index contributed by atoms with van der Waals surface area (Å²) in [6.07, 6.45) is -1.59. The average Bonchev–Trinajstić information content (AvgIpc) is 3.07. The third kappa shape index (κ3) is 6.11. The van der Waals surface area contributed by atoms with Crippen LogP contribution in [0.1, 0.15) is 18.4 Å². The first kappa shape index (κ1) is 25.4. The number of cyclic esters (lactones) is 1. The van der Waals surface area contributed by atoms with Gasteiger partial charge >= 0.3 is 6.09 Å². The van der Waals surface area contributed by atoms with Crippen molar-refractivity contribution < 1.29 is 37.1 Å². The highest BCUT2D eigenvalue weighted by atomic mass is 19.3. The number of carbonyl (C=O) groups is 3. The smallest absolute Gasteiger partial charge is 0.414 e. The van der Waals surface area contributed by atoms with Crippen LogP contribution >= 0.6 is 0 Å². The number of ketones is 1. The molecule has 0 radical (unpaired) electrons. The van der Waals surface area contributed by atoms with Gasteiger partial charge < -0.3 is 9.64 Å². The molecule has 0 unspecified atom stereocenters. The molecule has 2 aromatic rings. The lowest BCUT2D eigenvalue weighted by molar-refractivity contribution is -0.181. The number of amides is 2. The van der Waals surface area contributed by atoms with E-state index in [0.29, 0.717) is 13.1 Å². The van der Waals surface area contributed by atoms with E-state index in [1.54, 1.807) is 35.5 Å². The number of hydrogen-bond donors (Lipinski definition) is 0. The molecule has 36 heavy (non-hydrogen) atoms. The van der Waals surface area contributed by atoms with Crippen LogP contribution in [0.4, 0.5) is 29.3 Å². The summed E-state index contributed by atoms with van der Waals surface area (Å²) < 4.78 is 45.0. The summed E-state index contributed by atoms with van der Waals surface area (Å²) >= 11 is 0. The summed E-state index contributed by atoms with van der Waals surface area (Å²) in [4.78, 5) is 48.4. The number of halogens is 3. The molecule has 1 aromatic carbocycles. The van der Waals surface area contributed by atoms with E-state index >= 15 is 4.39 Å². The molecule has 2 aliphatic heterocycles. The molecule has 2 aliphatic rings. The lowest BCUT2D eigenvalue weighted by atomic mass is 10.1. The van der Waals surface area contributed by atoms with E-state index in [0.717, 1.165) is 5.56 Å². The Bertz CT molecular complexity index is 1100. The fourth-order valence-electron chi connectivity index (χ4n) is 4.07. The van der Waals surface area contributed by atoms with E-state index in [1.165, 1.54) is 22.1 Å². The van der Waals surface area contributed by atoms with Gasteiger partial charge in [0, 0.05) is 31.9 Å². The second kappa shape index (κ2) is 11.4. The van der Waals surface area contributed by atoms with Gasteiger partial charge in [-0.1, -0.05) is 0 Å². The highest BCUT2D eigenvalue weighted by Gasteiger charge is 2.33. The van der Waals surface area contributed by atoms with Gasteiger partial charge in [-0.15, -0.1) is 0 Å². The molecule has 9 nitrogen and oxygen atoms in total. The minimum Gasteiger partial charge on any atom is -0.444 e. The summed E-state index contributed by atoms with van der Waals surface area (Å²) in [5, 5.41) is 1.28. The van der Waals surface area contributed by atoms with Crippen molar-refractivity contribution in [3.8, 4) is 0 Å². The molecule has 1 atom stereocenters. The number of nitrogens with zero attached hydrogens (tertiary/aromatic N) is 4. The Morgan fingerprint density at radius 3 is 2.61 bits per heavy atom. The van der Waals surface area contributed by atoms with Crippen LogP contribution in [-0.4, -0.2) is 73.1 Å². The fourth-order valence-corrected chi connectivity index (χ4v) is 4.07. The summed E-state index contributed by atoms with van der Waals surface area (Å²) in [6, 6.07) is 7.78. The Kier molecular flexibility index (Phi) is 8.04. The van der Waals surface area contributed by atoms with Gasteiger partial charge in [0.2, 0.25) is 0 Å². The number of aromatic nitrogens is 1. The van der Waals surface area contributed by atoms with Gasteiger partial charge in [-0.05, 0) is 42.3 Å². The second-order valence-electron chi connectivity index (χ2n) is 8.41. The summed E-state index contributed by atoms with van der Waals surface area (Å²) in [7, 11) is 0. The van der Waals surface area contributed by atoms with E-state index in [-0.39, 0.29) is 49.8 Å². The summed E-state index contributed by atoms with van der Waals surface area (Å²) in [5.74, 6) is -2.00. The number of pyridine rings is 1. The molecule has 3 heterocycles. The zero-order chi connectivity index (χ0) is 25.7. The number of Topliss-reactive ketones (excluding diaryl/α,β-unsaturated/α-hetero) is 1. The molecule has 0 N–H and O–H groups in total. The highest BCUT2D eigenvalue weighted by molar-refractivity contribution is 5.90. The van der Waals surface area contributed by atoms with Gasteiger partial charge in [-0.25, -0.2) is 23.0 Å². The number of benzene rings is 1. The van der Waals surface area contributed by atoms with Crippen LogP contribution in [0, 0.1) is 5.82 Å². The maximum Gasteiger partial charge on any atom is 0.414 e. The zero-order valence-corrected chi connectivity index (χ0v) is 19.3. The average molecular weight is 506 g/mol. The highest BCUT2D eigenvalue weighted by Crippen LogP contribution is 2.29. The van der Waals surface area contributed by atoms with E-state index in [4.69, 9.17) is 9.57 Å². The Morgan fingerprint density at radius 1 is 1.11 bits per heavy atom. The van der Waals surface area contributed by atoms with Crippen molar-refractivity contribution in [2.75, 3.05) is 42.6 Å². The Balaban J connectivity index is 1.35. The first-order valence-electron chi connectivity index (χ1n) is 11.5. The van der Waals surface area contributed by atoms with E-state index < -0.39 is 36.6 Å². The topological polar surface area (TPSA) is 92.3 Å². The van der Waals surface area contributed by atoms with Gasteiger partial charge in [0.1, 0.15) is 11.9 Å². The zero-order valence-electron chi connectivity index (χ0n) is 19.3. The second-order valence-corrected chi connectivity index (χ2v) is 8.41. The number of ether oxygens (including phenoxy) is 1. The van der Waals surface area contributed by atoms with Crippen molar-refractivity contribution in [2.24, 2.45) is 0 Å². The largest absolute Gasteiger partial charge is 0.444 e. The van der Waals surface area contributed by atoms with Gasteiger partial charge in [-0.3, -0.25) is 24.3 Å². The molecule has 12 heteroatoms. The van der Waals surface area contributed by atoms with Crippen molar-refractivity contribution in [2.45, 2.75) is 31.8 Å². The molecule has 2 saturated heterocycles. The van der Waals surface area contributed by atoms with Gasteiger partial charge in [0.15, 0.2) is 5.78 Å². The molecule has 0 bridgehead atoms. The predicted molar refractivity (Wildman–Crippen MR) is 122 cm³/mol. The molecule has 2 amide bonds. The third-order valence-corrected chi connectivity index (χ3v) is 5.98. The van der Waals surface area contributed by atoms with Crippen LogP contribution in [0.2, 0.25) is 0 Å². The molecular formula is C24H25F3N4O5. The van der Waals surface area contributed by atoms with E-state index in [1.807, 2.05) is 0 Å². The summed E-state index contributed by atoms with van der Waals surface area (Å²) in [5.41, 5.74) is 1.35. The molecule has 0 spiro atoms. The van der Waals surface area contributed by atoms with Gasteiger partial charge in [-0.2, -0.15) is 0 Å². The summed E-state index contributed by atoms with van der Waals surface area (Å²) in [6.45, 7) is 1.13. The molecule has 0 saturated carbocycles. The van der Waals surface area contributed by atoms with Crippen molar-refractivity contribution in [3.63, 3.8) is 0 Å². The number of hydroxylamine groups is 2. The monoisotopic (exact) mass is 506 g/mol. The van der Waals surface area contributed by atoms with Crippen LogP contribution in [0.15, 0.2) is 42.7 Å². The molecule has 4 rings (SSSR count). The van der Waals surface area contributed by atoms with Crippen molar-refractivity contribution in [1.29, 1.82) is 0 Å². The normalized spacial score (nSPS) is 18.4. The first-order valence-corrected chi connectivity index (χ1v) is 11.5. The SMILES string of the molecule is O=C(CC[C@H]1CN(c2ccc(N3CCON(C(=O)Cc4ccncc4)CC3)c(F)c2)C(=O)O1)C(F)F. The minimum atomic E-state index is -3.06. The van der Waals surface area contributed by atoms with Crippen LogP contribution in [0.3, 0.4) is 0 Å². The Labute approximate surface area is 205 Å². The number of rotatable bonds is 8. The Hall–Kier alpha value is -3.67. The number of hydrogen-bond acceptors (Lipinski definition) is 7. The number of carbonyl (C=O) groups excluding carboxylic acids is 3. The van der Waals surface area contributed by atoms with Crippen LogP contribution < -0.4 is 9.80 Å². The van der Waals surface area contributed by atoms with Crippen LogP contribution in [0.25, 0.3) is 0 Å². The van der Waals surface area contributed by atoms with E-state index in [2.05, 4.69) is 4.98 Å². The molecule has 192 valence electrons. The van der Waals surface area contributed by atoms with Gasteiger partial charge in [0.05, 0.1) is 37.5 Å². The van der Waals surface area contributed by atoms with Crippen LogP contribution in [-0.2, 0) is 25.6 Å². The van der Waals surface area contributed by atoms with E-state index in [9.17, 15) is 23.2 Å². The molecular weight excluding hydrogens is 481 g/mol. The molecule has 2 fully saturated rings. The molecule has 1 aromatic heterocycles. The van der Waals surface area contributed by atoms with Crippen LogP contribution in [0.5, 0.6) is 0 Å². The van der Waals surface area contributed by atoms with Crippen molar-refractivity contribution in [3.05, 3.63) is 54.1 Å². The van der Waals surface area contributed by atoms with Gasteiger partial charge in [0.25, 0.3) is 12.3 Å². The predicted octanol–water partition coefficient (Wildman–Crippen LogP) is 2.98. The Morgan fingerprint density at radius 2 is 1.89 bits per heavy atom. The lowest BCUT2D eigenvalue weighted by Gasteiger charge is -2.24. The number of alkyl halides is 2. The maximum atomic E-state index is 15.1. The first-order chi connectivity index (χ1) is 17.3. The fraction of sp³-hybridized carbons (Fsp3) is 0.417. The van der Waals surface area contributed by atoms with Crippen molar-refractivity contribution >= 4 is 29.2 Å².